The number of carbonyl (C=O) groups excluding carboxylic acids is 1. The zero-order valence-corrected chi connectivity index (χ0v) is 11.6. The molecule has 0 atom stereocenters. The molecule has 21 heavy (non-hydrogen) atoms. The van der Waals surface area contributed by atoms with E-state index >= 15 is 0 Å². The van der Waals surface area contributed by atoms with Crippen LogP contribution in [0.4, 0.5) is 4.39 Å². The number of rotatable bonds is 3. The number of carboxylic acids is 1. The molecule has 0 spiro atoms. The highest BCUT2D eigenvalue weighted by Crippen LogP contribution is 2.31. The maximum absolute atomic E-state index is 14.2. The normalized spacial score (nSPS) is 10.2. The van der Waals surface area contributed by atoms with E-state index in [4.69, 9.17) is 11.6 Å². The predicted molar refractivity (Wildman–Crippen MR) is 75.1 cm³/mol. The number of methoxy groups -OCH3 is 1. The molecule has 0 saturated carbocycles. The summed E-state index contributed by atoms with van der Waals surface area (Å²) in [6.45, 7) is 0. The van der Waals surface area contributed by atoms with E-state index < -0.39 is 17.8 Å². The van der Waals surface area contributed by atoms with Crippen LogP contribution in [0.2, 0.25) is 5.02 Å². The first kappa shape index (κ1) is 15.0. The van der Waals surface area contributed by atoms with Crippen molar-refractivity contribution in [3.8, 4) is 11.1 Å². The van der Waals surface area contributed by atoms with Crippen LogP contribution < -0.4 is 0 Å². The Morgan fingerprint density at radius 3 is 2.48 bits per heavy atom. The molecule has 0 fully saturated rings. The lowest BCUT2D eigenvalue weighted by atomic mass is 9.98. The van der Waals surface area contributed by atoms with Gasteiger partial charge in [0.2, 0.25) is 0 Å². The van der Waals surface area contributed by atoms with Gasteiger partial charge in [0, 0.05) is 11.1 Å². The predicted octanol–water partition coefficient (Wildman–Crippen LogP) is 3.63. The van der Waals surface area contributed by atoms with E-state index in [1.54, 1.807) is 0 Å². The first-order valence-electron chi connectivity index (χ1n) is 5.85. The third-order valence-electron chi connectivity index (χ3n) is 2.91. The zero-order valence-electron chi connectivity index (χ0n) is 10.9. The van der Waals surface area contributed by atoms with Gasteiger partial charge in [-0.05, 0) is 18.2 Å². The van der Waals surface area contributed by atoms with E-state index in [1.807, 2.05) is 0 Å². The van der Waals surface area contributed by atoms with Crippen molar-refractivity contribution < 1.29 is 23.8 Å². The van der Waals surface area contributed by atoms with Crippen LogP contribution in [0, 0.1) is 5.82 Å². The summed E-state index contributed by atoms with van der Waals surface area (Å²) >= 11 is 5.85. The standard InChI is InChI=1S/C15H10ClFO4/c1-21-15(20)8-5-6-9(12(17)7-8)10-3-2-4-11(16)13(10)14(18)19/h2-7H,1H3,(H,18,19). The Hall–Kier alpha value is -2.40. The van der Waals surface area contributed by atoms with Crippen LogP contribution in [0.15, 0.2) is 36.4 Å². The van der Waals surface area contributed by atoms with Gasteiger partial charge in [-0.3, -0.25) is 0 Å². The molecule has 1 N–H and O–H groups in total. The van der Waals surface area contributed by atoms with Crippen LogP contribution in [-0.4, -0.2) is 24.2 Å². The minimum Gasteiger partial charge on any atom is -0.478 e. The maximum atomic E-state index is 14.2. The van der Waals surface area contributed by atoms with Crippen molar-refractivity contribution in [3.63, 3.8) is 0 Å². The van der Waals surface area contributed by atoms with Crippen molar-refractivity contribution >= 4 is 23.5 Å². The molecule has 0 aromatic heterocycles. The lowest BCUT2D eigenvalue weighted by Crippen LogP contribution is -2.04. The molecule has 0 radical (unpaired) electrons. The largest absolute Gasteiger partial charge is 0.478 e. The lowest BCUT2D eigenvalue weighted by Gasteiger charge is -2.10. The molecule has 108 valence electrons. The zero-order chi connectivity index (χ0) is 15.6. The molecule has 0 bridgehead atoms. The number of carboxylic acid groups (broad SMARTS) is 1. The fourth-order valence-corrected chi connectivity index (χ4v) is 2.20. The number of halogens is 2. The second-order valence-corrected chi connectivity index (χ2v) is 4.56. The summed E-state index contributed by atoms with van der Waals surface area (Å²) in [5.74, 6) is -2.67. The molecule has 0 aliphatic carbocycles. The Bertz CT molecular complexity index is 728. The number of hydrogen-bond acceptors (Lipinski definition) is 3. The van der Waals surface area contributed by atoms with Gasteiger partial charge in [-0.2, -0.15) is 0 Å². The summed E-state index contributed by atoms with van der Waals surface area (Å²) in [6.07, 6.45) is 0. The fourth-order valence-electron chi connectivity index (χ4n) is 1.94. The van der Waals surface area contributed by atoms with E-state index in [0.717, 1.165) is 6.07 Å². The SMILES string of the molecule is COC(=O)c1ccc(-c2cccc(Cl)c2C(=O)O)c(F)c1. The fraction of sp³-hybridized carbons (Fsp3) is 0.0667. The molecule has 0 aliphatic rings. The van der Waals surface area contributed by atoms with Gasteiger partial charge in [0.05, 0.1) is 23.3 Å². The Morgan fingerprint density at radius 2 is 1.90 bits per heavy atom. The number of aromatic carboxylic acids is 1. The number of carbonyl (C=O) groups is 2. The number of esters is 1. The molecule has 0 unspecified atom stereocenters. The average molecular weight is 309 g/mol. The van der Waals surface area contributed by atoms with Gasteiger partial charge < -0.3 is 9.84 Å². The molecule has 2 aromatic carbocycles. The second-order valence-electron chi connectivity index (χ2n) is 4.15. The summed E-state index contributed by atoms with van der Waals surface area (Å²) in [7, 11) is 1.19. The van der Waals surface area contributed by atoms with Gasteiger partial charge in [-0.25, -0.2) is 14.0 Å². The van der Waals surface area contributed by atoms with E-state index in [-0.39, 0.29) is 27.3 Å². The third-order valence-corrected chi connectivity index (χ3v) is 3.22. The lowest BCUT2D eigenvalue weighted by molar-refractivity contribution is 0.0599. The van der Waals surface area contributed by atoms with Crippen LogP contribution in [0.25, 0.3) is 11.1 Å². The average Bonchev–Trinajstić information content (AvgIpc) is 2.45. The maximum Gasteiger partial charge on any atom is 0.337 e. The second kappa shape index (κ2) is 5.93. The van der Waals surface area contributed by atoms with Gasteiger partial charge in [0.15, 0.2) is 0 Å². The highest BCUT2D eigenvalue weighted by atomic mass is 35.5. The molecule has 0 aliphatic heterocycles. The molecule has 0 heterocycles. The first-order chi connectivity index (χ1) is 9.95. The third kappa shape index (κ3) is 2.87. The summed E-state index contributed by atoms with van der Waals surface area (Å²) in [5.41, 5.74) is 0.0352. The van der Waals surface area contributed by atoms with Gasteiger partial charge in [-0.1, -0.05) is 29.8 Å². The van der Waals surface area contributed by atoms with Crippen molar-refractivity contribution in [1.82, 2.24) is 0 Å². The molecule has 0 saturated heterocycles. The molecule has 0 amide bonds. The van der Waals surface area contributed by atoms with Gasteiger partial charge >= 0.3 is 11.9 Å². The van der Waals surface area contributed by atoms with E-state index in [2.05, 4.69) is 4.74 Å². The Morgan fingerprint density at radius 1 is 1.19 bits per heavy atom. The van der Waals surface area contributed by atoms with Crippen LogP contribution in [-0.2, 0) is 4.74 Å². The number of hydrogen-bond donors (Lipinski definition) is 1. The van der Waals surface area contributed by atoms with Crippen LogP contribution in [0.3, 0.4) is 0 Å². The molecular weight excluding hydrogens is 299 g/mol. The molecule has 4 nitrogen and oxygen atoms in total. The molecular formula is C15H10ClFO4. The smallest absolute Gasteiger partial charge is 0.337 e. The van der Waals surface area contributed by atoms with E-state index in [0.29, 0.717) is 0 Å². The molecule has 6 heteroatoms. The minimum atomic E-state index is -1.26. The van der Waals surface area contributed by atoms with Crippen molar-refractivity contribution in [2.45, 2.75) is 0 Å². The van der Waals surface area contributed by atoms with E-state index in [1.165, 1.54) is 37.4 Å². The minimum absolute atomic E-state index is 0.0106. The highest BCUT2D eigenvalue weighted by molar-refractivity contribution is 6.34. The summed E-state index contributed by atoms with van der Waals surface area (Å²) in [4.78, 5) is 22.6. The van der Waals surface area contributed by atoms with Crippen LogP contribution in [0.5, 0.6) is 0 Å². The van der Waals surface area contributed by atoms with Crippen molar-refractivity contribution in [2.75, 3.05) is 7.11 Å². The number of ether oxygens (including phenoxy) is 1. The quantitative estimate of drug-likeness (QED) is 0.879. The Labute approximate surface area is 124 Å². The van der Waals surface area contributed by atoms with Crippen molar-refractivity contribution in [2.24, 2.45) is 0 Å². The summed E-state index contributed by atoms with van der Waals surface area (Å²) in [6, 6.07) is 8.06. The molecule has 2 rings (SSSR count). The van der Waals surface area contributed by atoms with Crippen LogP contribution in [0.1, 0.15) is 20.7 Å². The van der Waals surface area contributed by atoms with Crippen molar-refractivity contribution in [1.29, 1.82) is 0 Å². The van der Waals surface area contributed by atoms with E-state index in [9.17, 15) is 19.1 Å². The van der Waals surface area contributed by atoms with Crippen LogP contribution >= 0.6 is 11.6 Å². The topological polar surface area (TPSA) is 63.6 Å². The summed E-state index contributed by atoms with van der Waals surface area (Å²) < 4.78 is 18.7. The molecule has 2 aromatic rings. The van der Waals surface area contributed by atoms with Crippen molar-refractivity contribution in [3.05, 3.63) is 58.4 Å². The number of benzene rings is 2. The highest BCUT2D eigenvalue weighted by Gasteiger charge is 2.19. The Balaban J connectivity index is 2.61. The first-order valence-corrected chi connectivity index (χ1v) is 6.23. The van der Waals surface area contributed by atoms with Gasteiger partial charge in [0.1, 0.15) is 5.82 Å². The summed E-state index contributed by atoms with van der Waals surface area (Å²) in [5, 5.41) is 9.21. The Kier molecular flexibility index (Phi) is 4.23. The van der Waals surface area contributed by atoms with Gasteiger partial charge in [0.25, 0.3) is 0 Å². The monoisotopic (exact) mass is 308 g/mol. The van der Waals surface area contributed by atoms with Gasteiger partial charge in [-0.15, -0.1) is 0 Å².